The van der Waals surface area contributed by atoms with Crippen LogP contribution in [-0.4, -0.2) is 31.4 Å². The Kier molecular flexibility index (Phi) is 5.15. The molecule has 0 saturated carbocycles. The Morgan fingerprint density at radius 1 is 1.43 bits per heavy atom. The van der Waals surface area contributed by atoms with Gasteiger partial charge in [0.15, 0.2) is 5.82 Å². The van der Waals surface area contributed by atoms with Gasteiger partial charge in [-0.15, -0.1) is 10.2 Å². The Bertz CT molecular complexity index is 673. The number of aryl methyl sites for hydroxylation is 2. The molecule has 0 bridgehead atoms. The largest absolute Gasteiger partial charge is 0.390 e. The van der Waals surface area contributed by atoms with Gasteiger partial charge < -0.3 is 15.0 Å². The van der Waals surface area contributed by atoms with Crippen molar-refractivity contribution in [3.05, 3.63) is 47.5 Å². The number of aromatic nitrogens is 3. The van der Waals surface area contributed by atoms with Gasteiger partial charge in [0.05, 0.1) is 11.6 Å². The molecule has 0 saturated heterocycles. The highest BCUT2D eigenvalue weighted by Crippen LogP contribution is 2.15. The predicted octanol–water partition coefficient (Wildman–Crippen LogP) is 2.01. The van der Waals surface area contributed by atoms with Gasteiger partial charge in [-0.1, -0.05) is 12.1 Å². The Hall–Kier alpha value is -2.21. The summed E-state index contributed by atoms with van der Waals surface area (Å²) in [6.07, 6.45) is 2.98. The number of rotatable bonds is 6. The van der Waals surface area contributed by atoms with Crippen molar-refractivity contribution in [2.75, 3.05) is 0 Å². The van der Waals surface area contributed by atoms with Crippen molar-refractivity contribution >= 4 is 5.91 Å². The number of hydrogen-bond donors (Lipinski definition) is 2. The zero-order chi connectivity index (χ0) is 17.0. The minimum atomic E-state index is -0.710. The van der Waals surface area contributed by atoms with Crippen molar-refractivity contribution in [1.29, 1.82) is 0 Å². The van der Waals surface area contributed by atoms with Crippen molar-refractivity contribution in [3.8, 4) is 0 Å². The van der Waals surface area contributed by atoms with Crippen LogP contribution in [0.2, 0.25) is 0 Å². The van der Waals surface area contributed by atoms with Crippen molar-refractivity contribution < 1.29 is 9.90 Å². The molecule has 1 aromatic carbocycles. The van der Waals surface area contributed by atoms with E-state index in [2.05, 4.69) is 15.5 Å². The highest BCUT2D eigenvalue weighted by molar-refractivity contribution is 5.94. The van der Waals surface area contributed by atoms with E-state index in [9.17, 15) is 9.90 Å². The molecule has 1 atom stereocenters. The lowest BCUT2D eigenvalue weighted by Gasteiger charge is -2.17. The highest BCUT2D eigenvalue weighted by Gasteiger charge is 2.16. The van der Waals surface area contributed by atoms with Crippen LogP contribution in [0.25, 0.3) is 0 Å². The Morgan fingerprint density at radius 2 is 2.17 bits per heavy atom. The van der Waals surface area contributed by atoms with E-state index in [1.807, 2.05) is 32.2 Å². The van der Waals surface area contributed by atoms with E-state index in [1.165, 1.54) is 0 Å². The molecule has 0 spiro atoms. The van der Waals surface area contributed by atoms with Gasteiger partial charge in [-0.2, -0.15) is 0 Å². The molecule has 23 heavy (non-hydrogen) atoms. The van der Waals surface area contributed by atoms with Crippen LogP contribution in [0.3, 0.4) is 0 Å². The van der Waals surface area contributed by atoms with Crippen molar-refractivity contribution in [2.24, 2.45) is 7.05 Å². The van der Waals surface area contributed by atoms with E-state index in [0.29, 0.717) is 17.8 Å². The van der Waals surface area contributed by atoms with Gasteiger partial charge in [0.25, 0.3) is 5.91 Å². The van der Waals surface area contributed by atoms with E-state index in [1.54, 1.807) is 30.8 Å². The SMILES string of the molecule is C[C@H](NC(=O)c1cccc(CCC(C)(C)O)c1)c1nncn1C. The van der Waals surface area contributed by atoms with Crippen LogP contribution < -0.4 is 5.32 Å². The van der Waals surface area contributed by atoms with Crippen LogP contribution in [-0.2, 0) is 13.5 Å². The summed E-state index contributed by atoms with van der Waals surface area (Å²) in [5.41, 5.74) is 0.927. The second kappa shape index (κ2) is 6.91. The van der Waals surface area contributed by atoms with Crippen LogP contribution >= 0.6 is 0 Å². The zero-order valence-corrected chi connectivity index (χ0v) is 14.1. The van der Waals surface area contributed by atoms with Gasteiger partial charge in [-0.3, -0.25) is 4.79 Å². The molecule has 0 aliphatic carbocycles. The van der Waals surface area contributed by atoms with Gasteiger partial charge in [0.1, 0.15) is 6.33 Å². The van der Waals surface area contributed by atoms with E-state index in [4.69, 9.17) is 0 Å². The van der Waals surface area contributed by atoms with Gasteiger partial charge in [0, 0.05) is 12.6 Å². The molecule has 6 nitrogen and oxygen atoms in total. The number of aliphatic hydroxyl groups is 1. The molecule has 124 valence electrons. The lowest BCUT2D eigenvalue weighted by Crippen LogP contribution is -2.28. The van der Waals surface area contributed by atoms with Crippen LogP contribution in [0.5, 0.6) is 0 Å². The fraction of sp³-hybridized carbons (Fsp3) is 0.471. The monoisotopic (exact) mass is 316 g/mol. The predicted molar refractivity (Wildman–Crippen MR) is 87.9 cm³/mol. The number of benzene rings is 1. The topological polar surface area (TPSA) is 80.0 Å². The van der Waals surface area contributed by atoms with E-state index < -0.39 is 5.60 Å². The van der Waals surface area contributed by atoms with Crippen molar-refractivity contribution in [3.63, 3.8) is 0 Å². The molecular weight excluding hydrogens is 292 g/mol. The van der Waals surface area contributed by atoms with Crippen LogP contribution in [0.15, 0.2) is 30.6 Å². The second-order valence-electron chi connectivity index (χ2n) is 6.51. The normalized spacial score (nSPS) is 12.9. The number of amides is 1. The fourth-order valence-electron chi connectivity index (χ4n) is 2.35. The number of nitrogens with one attached hydrogen (secondary N) is 1. The molecule has 2 aromatic rings. The second-order valence-corrected chi connectivity index (χ2v) is 6.51. The fourth-order valence-corrected chi connectivity index (χ4v) is 2.35. The molecule has 1 heterocycles. The smallest absolute Gasteiger partial charge is 0.251 e. The first-order chi connectivity index (χ1) is 10.8. The summed E-state index contributed by atoms with van der Waals surface area (Å²) in [6, 6.07) is 7.25. The van der Waals surface area contributed by atoms with E-state index >= 15 is 0 Å². The van der Waals surface area contributed by atoms with Crippen LogP contribution in [0, 0.1) is 0 Å². The summed E-state index contributed by atoms with van der Waals surface area (Å²) in [5.74, 6) is 0.558. The molecule has 0 unspecified atom stereocenters. The van der Waals surface area contributed by atoms with Gasteiger partial charge in [-0.05, 0) is 51.3 Å². The van der Waals surface area contributed by atoms with Gasteiger partial charge >= 0.3 is 0 Å². The van der Waals surface area contributed by atoms with E-state index in [0.717, 1.165) is 12.0 Å². The first kappa shape index (κ1) is 17.1. The Labute approximate surface area is 136 Å². The summed E-state index contributed by atoms with van der Waals surface area (Å²) in [5, 5.41) is 20.6. The number of carbonyl (C=O) groups is 1. The van der Waals surface area contributed by atoms with Gasteiger partial charge in [0.2, 0.25) is 0 Å². The molecule has 0 aliphatic heterocycles. The average Bonchev–Trinajstić information content (AvgIpc) is 2.91. The summed E-state index contributed by atoms with van der Waals surface area (Å²) in [7, 11) is 1.84. The third kappa shape index (κ3) is 4.89. The van der Waals surface area contributed by atoms with Crippen molar-refractivity contribution in [2.45, 2.75) is 45.3 Å². The lowest BCUT2D eigenvalue weighted by atomic mass is 9.98. The Morgan fingerprint density at radius 3 is 2.78 bits per heavy atom. The summed E-state index contributed by atoms with van der Waals surface area (Å²) >= 11 is 0. The zero-order valence-electron chi connectivity index (χ0n) is 14.1. The molecule has 2 N–H and O–H groups in total. The lowest BCUT2D eigenvalue weighted by molar-refractivity contribution is 0.0714. The maximum Gasteiger partial charge on any atom is 0.251 e. The molecular formula is C17H24N4O2. The molecule has 0 fully saturated rings. The Balaban J connectivity index is 2.03. The minimum Gasteiger partial charge on any atom is -0.390 e. The third-order valence-corrected chi connectivity index (χ3v) is 3.70. The third-order valence-electron chi connectivity index (χ3n) is 3.70. The van der Waals surface area contributed by atoms with Crippen molar-refractivity contribution in [1.82, 2.24) is 20.1 Å². The molecule has 1 amide bonds. The maximum absolute atomic E-state index is 12.4. The molecule has 6 heteroatoms. The molecule has 1 aromatic heterocycles. The number of nitrogens with zero attached hydrogens (tertiary/aromatic N) is 3. The quantitative estimate of drug-likeness (QED) is 0.854. The highest BCUT2D eigenvalue weighted by atomic mass is 16.3. The van der Waals surface area contributed by atoms with Gasteiger partial charge in [-0.25, -0.2) is 0 Å². The van der Waals surface area contributed by atoms with Crippen LogP contribution in [0.1, 0.15) is 55.0 Å². The summed E-state index contributed by atoms with van der Waals surface area (Å²) in [6.45, 7) is 5.44. The molecule has 0 aliphatic rings. The average molecular weight is 316 g/mol. The van der Waals surface area contributed by atoms with Crippen LogP contribution in [0.4, 0.5) is 0 Å². The summed E-state index contributed by atoms with van der Waals surface area (Å²) in [4.78, 5) is 12.4. The van der Waals surface area contributed by atoms with E-state index in [-0.39, 0.29) is 11.9 Å². The summed E-state index contributed by atoms with van der Waals surface area (Å²) < 4.78 is 1.78. The standard InChI is InChI=1S/C17H24N4O2/c1-12(15-20-18-11-21(15)4)19-16(22)14-7-5-6-13(10-14)8-9-17(2,3)23/h5-7,10-12,23H,8-9H2,1-4H3,(H,19,22)/t12-/m0/s1. The number of hydrogen-bond acceptors (Lipinski definition) is 4. The molecule has 0 radical (unpaired) electrons. The maximum atomic E-state index is 12.4. The molecule has 2 rings (SSSR count). The first-order valence-electron chi connectivity index (χ1n) is 7.72. The minimum absolute atomic E-state index is 0.148. The number of carbonyl (C=O) groups excluding carboxylic acids is 1. The first-order valence-corrected chi connectivity index (χ1v) is 7.72.